The van der Waals surface area contributed by atoms with Crippen LogP contribution in [0.1, 0.15) is 26.7 Å². The first-order chi connectivity index (χ1) is 13.3. The molecule has 0 aliphatic carbocycles. The van der Waals surface area contributed by atoms with Crippen LogP contribution in [0.2, 0.25) is 0 Å². The van der Waals surface area contributed by atoms with Crippen molar-refractivity contribution in [1.82, 2.24) is 14.9 Å². The van der Waals surface area contributed by atoms with E-state index in [0.717, 1.165) is 0 Å². The molecular formula is C18H31N3O7. The highest BCUT2D eigenvalue weighted by atomic mass is 16.7. The molecule has 160 valence electrons. The fourth-order valence-electron chi connectivity index (χ4n) is 3.56. The van der Waals surface area contributed by atoms with E-state index in [4.69, 9.17) is 14.3 Å². The van der Waals surface area contributed by atoms with Crippen molar-refractivity contribution in [2.45, 2.75) is 63.4 Å². The Bertz CT molecular complexity index is 563. The lowest BCUT2D eigenvalue weighted by Gasteiger charge is -2.47. The number of hydrogen-bond acceptors (Lipinski definition) is 8. The Labute approximate surface area is 164 Å². The third-order valence-electron chi connectivity index (χ3n) is 5.49. The summed E-state index contributed by atoms with van der Waals surface area (Å²) in [6, 6.07) is 0. The van der Waals surface area contributed by atoms with E-state index in [9.17, 15) is 19.8 Å². The minimum atomic E-state index is -1.01. The molecule has 0 aromatic heterocycles. The molecule has 0 bridgehead atoms. The van der Waals surface area contributed by atoms with Crippen molar-refractivity contribution in [1.29, 1.82) is 0 Å². The Morgan fingerprint density at radius 3 is 2.25 bits per heavy atom. The topological polar surface area (TPSA) is 112 Å². The van der Waals surface area contributed by atoms with Gasteiger partial charge >= 0.3 is 0 Å². The lowest BCUT2D eigenvalue weighted by molar-refractivity contribution is -0.322. The summed E-state index contributed by atoms with van der Waals surface area (Å²) in [4.78, 5) is 33.0. The van der Waals surface area contributed by atoms with Crippen LogP contribution in [0.15, 0.2) is 0 Å². The Hall–Kier alpha value is -1.30. The van der Waals surface area contributed by atoms with Crippen LogP contribution < -0.4 is 0 Å². The molecule has 4 unspecified atom stereocenters. The number of aliphatic hydroxyl groups is 2. The molecule has 2 N–H and O–H groups in total. The standard InChI is InChI=1S/C18H31N3O7/c1-11(22)17(24)19-9-15(10-19)28-21-5-4-13(23)6-16(21)27-14-7-20(8-14)18(25)12(2)26-3/h11-16,22-23H,4-10H2,1-3H3. The van der Waals surface area contributed by atoms with Gasteiger partial charge < -0.3 is 29.5 Å². The first-order valence-corrected chi connectivity index (χ1v) is 9.83. The zero-order valence-electron chi connectivity index (χ0n) is 16.7. The van der Waals surface area contributed by atoms with Crippen molar-refractivity contribution in [2.75, 3.05) is 39.8 Å². The number of rotatable bonds is 7. The van der Waals surface area contributed by atoms with Crippen molar-refractivity contribution in [2.24, 2.45) is 0 Å². The first kappa shape index (κ1) is 21.4. The van der Waals surface area contributed by atoms with Crippen molar-refractivity contribution in [3.63, 3.8) is 0 Å². The van der Waals surface area contributed by atoms with E-state index in [1.807, 2.05) is 0 Å². The van der Waals surface area contributed by atoms with E-state index >= 15 is 0 Å². The summed E-state index contributed by atoms with van der Waals surface area (Å²) < 4.78 is 11.1. The number of amides is 2. The van der Waals surface area contributed by atoms with Gasteiger partial charge in [-0.25, -0.2) is 0 Å². The maximum Gasteiger partial charge on any atom is 0.251 e. The fourth-order valence-corrected chi connectivity index (χ4v) is 3.56. The average Bonchev–Trinajstić information content (AvgIpc) is 2.59. The molecule has 3 aliphatic rings. The number of hydroxylamine groups is 2. The van der Waals surface area contributed by atoms with E-state index in [2.05, 4.69) is 0 Å². The number of aliphatic hydroxyl groups excluding tert-OH is 2. The molecule has 10 heteroatoms. The van der Waals surface area contributed by atoms with Gasteiger partial charge in [0.05, 0.1) is 25.3 Å². The monoisotopic (exact) mass is 401 g/mol. The molecule has 0 saturated carbocycles. The zero-order chi connectivity index (χ0) is 20.4. The Morgan fingerprint density at radius 2 is 1.64 bits per heavy atom. The number of likely N-dealkylation sites (tertiary alicyclic amines) is 2. The second-order valence-corrected chi connectivity index (χ2v) is 7.80. The summed E-state index contributed by atoms with van der Waals surface area (Å²) in [7, 11) is 1.51. The number of ether oxygens (including phenoxy) is 2. The van der Waals surface area contributed by atoms with Gasteiger partial charge in [-0.05, 0) is 20.3 Å². The van der Waals surface area contributed by atoms with Crippen molar-refractivity contribution < 1.29 is 34.1 Å². The van der Waals surface area contributed by atoms with Gasteiger partial charge in [-0.2, -0.15) is 5.06 Å². The smallest absolute Gasteiger partial charge is 0.251 e. The summed E-state index contributed by atoms with van der Waals surface area (Å²) in [5.74, 6) is -0.359. The number of carbonyl (C=O) groups is 2. The maximum absolute atomic E-state index is 12.1. The van der Waals surface area contributed by atoms with Crippen LogP contribution in [0.3, 0.4) is 0 Å². The van der Waals surface area contributed by atoms with Crippen molar-refractivity contribution in [3.8, 4) is 0 Å². The molecule has 4 atom stereocenters. The first-order valence-electron chi connectivity index (χ1n) is 9.83. The molecular weight excluding hydrogens is 370 g/mol. The van der Waals surface area contributed by atoms with Crippen LogP contribution in [0, 0.1) is 0 Å². The second kappa shape index (κ2) is 9.02. The SMILES string of the molecule is COC(C)C(=O)N1CC(OC2CC(O)CCN2OC2CN(C(=O)C(C)O)C2)C1. The molecule has 3 aliphatic heterocycles. The van der Waals surface area contributed by atoms with Gasteiger partial charge in [0.15, 0.2) is 0 Å². The van der Waals surface area contributed by atoms with Gasteiger partial charge in [0.2, 0.25) is 0 Å². The van der Waals surface area contributed by atoms with Gasteiger partial charge in [-0.3, -0.25) is 14.4 Å². The highest BCUT2D eigenvalue weighted by Gasteiger charge is 2.41. The summed E-state index contributed by atoms with van der Waals surface area (Å²) in [6.07, 6.45) is -1.56. The van der Waals surface area contributed by atoms with Gasteiger partial charge in [0, 0.05) is 33.2 Å². The van der Waals surface area contributed by atoms with Gasteiger partial charge in [0.25, 0.3) is 11.8 Å². The molecule has 3 heterocycles. The average molecular weight is 401 g/mol. The quantitative estimate of drug-likeness (QED) is 0.533. The highest BCUT2D eigenvalue weighted by molar-refractivity contribution is 5.81. The number of hydrogen-bond donors (Lipinski definition) is 2. The Kier molecular flexibility index (Phi) is 6.89. The van der Waals surface area contributed by atoms with Crippen molar-refractivity contribution >= 4 is 11.8 Å². The molecule has 0 spiro atoms. The normalized spacial score (nSPS) is 29.2. The molecule has 10 nitrogen and oxygen atoms in total. The maximum atomic E-state index is 12.1. The van der Waals surface area contributed by atoms with Crippen LogP contribution in [-0.4, -0.2) is 113 Å². The highest BCUT2D eigenvalue weighted by Crippen LogP contribution is 2.26. The van der Waals surface area contributed by atoms with E-state index in [0.29, 0.717) is 45.6 Å². The van der Waals surface area contributed by atoms with Crippen LogP contribution >= 0.6 is 0 Å². The molecule has 0 aromatic carbocycles. The molecule has 0 radical (unpaired) electrons. The Balaban J connectivity index is 1.45. The van der Waals surface area contributed by atoms with Crippen molar-refractivity contribution in [3.05, 3.63) is 0 Å². The lowest BCUT2D eigenvalue weighted by Crippen LogP contribution is -2.62. The van der Waals surface area contributed by atoms with Gasteiger partial charge in [0.1, 0.15) is 24.5 Å². The van der Waals surface area contributed by atoms with Crippen LogP contribution in [-0.2, 0) is 23.9 Å². The number of nitrogens with zero attached hydrogens (tertiary/aromatic N) is 3. The molecule has 3 rings (SSSR count). The predicted molar refractivity (Wildman–Crippen MR) is 96.8 cm³/mol. The number of methoxy groups -OCH3 is 1. The number of carbonyl (C=O) groups excluding carboxylic acids is 2. The van der Waals surface area contributed by atoms with Crippen LogP contribution in [0.25, 0.3) is 0 Å². The summed E-state index contributed by atoms with van der Waals surface area (Å²) in [5, 5.41) is 21.1. The minimum absolute atomic E-state index is 0.0588. The molecule has 2 amide bonds. The van der Waals surface area contributed by atoms with E-state index in [1.165, 1.54) is 14.0 Å². The van der Waals surface area contributed by atoms with E-state index in [1.54, 1.807) is 21.8 Å². The molecule has 3 fully saturated rings. The Morgan fingerprint density at radius 1 is 1.04 bits per heavy atom. The van der Waals surface area contributed by atoms with E-state index in [-0.39, 0.29) is 24.0 Å². The molecule has 0 aromatic rings. The molecule has 28 heavy (non-hydrogen) atoms. The fraction of sp³-hybridized carbons (Fsp3) is 0.889. The largest absolute Gasteiger partial charge is 0.393 e. The zero-order valence-corrected chi connectivity index (χ0v) is 16.7. The van der Waals surface area contributed by atoms with Crippen LogP contribution in [0.4, 0.5) is 0 Å². The summed E-state index contributed by atoms with van der Waals surface area (Å²) in [6.45, 7) is 5.54. The van der Waals surface area contributed by atoms with E-state index < -0.39 is 24.5 Å². The molecule has 3 saturated heterocycles. The van der Waals surface area contributed by atoms with Gasteiger partial charge in [-0.15, -0.1) is 0 Å². The summed E-state index contributed by atoms with van der Waals surface area (Å²) in [5.41, 5.74) is 0. The third-order valence-corrected chi connectivity index (χ3v) is 5.49. The number of piperidine rings is 1. The minimum Gasteiger partial charge on any atom is -0.393 e. The van der Waals surface area contributed by atoms with Crippen LogP contribution in [0.5, 0.6) is 0 Å². The second-order valence-electron chi connectivity index (χ2n) is 7.80. The summed E-state index contributed by atoms with van der Waals surface area (Å²) >= 11 is 0. The third kappa shape index (κ3) is 4.81. The predicted octanol–water partition coefficient (Wildman–Crippen LogP) is -1.45. The van der Waals surface area contributed by atoms with Gasteiger partial charge in [-0.1, -0.05) is 0 Å². The lowest BCUT2D eigenvalue weighted by atomic mass is 10.1.